The first-order valence-corrected chi connectivity index (χ1v) is 19.9. The molecule has 170 valence electrons. The van der Waals surface area contributed by atoms with E-state index in [0.29, 0.717) is 23.1 Å². The second kappa shape index (κ2) is 14.8. The fraction of sp³-hybridized carbons (Fsp3) is 0.640. The molecule has 5 heteroatoms. The Morgan fingerprint density at radius 3 is 1.87 bits per heavy atom. The minimum absolute atomic E-state index is 0.147. The van der Waals surface area contributed by atoms with Crippen LogP contribution in [0.25, 0.3) is 0 Å². The third-order valence-corrected chi connectivity index (χ3v) is 23.5. The van der Waals surface area contributed by atoms with Crippen molar-refractivity contribution in [1.82, 2.24) is 0 Å². The number of ether oxygens (including phenoxy) is 1. The number of benzene rings is 1. The zero-order chi connectivity index (χ0) is 22.6. The first-order valence-electron chi connectivity index (χ1n) is 11.7. The van der Waals surface area contributed by atoms with Crippen LogP contribution < -0.4 is 0 Å². The molecule has 0 bridgehead atoms. The SMILES string of the molecule is CCC[CH2][Sn]([CH2]CCC)([CH2]CCC)/[C](C)=C(/Cc1ccc(Cl)c(Cl)c1)C(=O)OCC. The third kappa shape index (κ3) is 8.39. The molecule has 0 radical (unpaired) electrons. The predicted octanol–water partition coefficient (Wildman–Crippen LogP) is 8.80. The molecule has 2 nitrogen and oxygen atoms in total. The third-order valence-electron chi connectivity index (χ3n) is 6.16. The van der Waals surface area contributed by atoms with Crippen molar-refractivity contribution >= 4 is 47.5 Å². The van der Waals surface area contributed by atoms with E-state index in [-0.39, 0.29) is 5.97 Å². The molecule has 0 spiro atoms. The molecular weight excluding hydrogens is 522 g/mol. The molecule has 30 heavy (non-hydrogen) atoms. The maximum atomic E-state index is 13.1. The van der Waals surface area contributed by atoms with E-state index >= 15 is 0 Å². The second-order valence-electron chi connectivity index (χ2n) is 8.34. The van der Waals surface area contributed by atoms with Gasteiger partial charge in [0.1, 0.15) is 0 Å². The summed E-state index contributed by atoms with van der Waals surface area (Å²) >= 11 is 9.66. The van der Waals surface area contributed by atoms with Gasteiger partial charge in [0.2, 0.25) is 0 Å². The number of hydrogen-bond donors (Lipinski definition) is 0. The molecular formula is C25H40Cl2O2Sn. The van der Waals surface area contributed by atoms with Gasteiger partial charge in [0.25, 0.3) is 0 Å². The molecule has 0 fully saturated rings. The Hall–Kier alpha value is -0.191. The Bertz CT molecular complexity index is 679. The molecule has 0 heterocycles. The van der Waals surface area contributed by atoms with E-state index in [1.807, 2.05) is 25.1 Å². The summed E-state index contributed by atoms with van der Waals surface area (Å²) in [5.74, 6) is -0.147. The Balaban J connectivity index is 3.50. The first kappa shape index (κ1) is 27.8. The van der Waals surface area contributed by atoms with E-state index in [1.54, 1.807) is 0 Å². The Kier molecular flexibility index (Phi) is 13.7. The van der Waals surface area contributed by atoms with Gasteiger partial charge in [-0.2, -0.15) is 0 Å². The molecule has 0 amide bonds. The van der Waals surface area contributed by atoms with E-state index in [4.69, 9.17) is 27.9 Å². The summed E-state index contributed by atoms with van der Waals surface area (Å²) < 4.78 is 11.0. The van der Waals surface area contributed by atoms with Gasteiger partial charge in [0.15, 0.2) is 0 Å². The predicted molar refractivity (Wildman–Crippen MR) is 134 cm³/mol. The van der Waals surface area contributed by atoms with Crippen molar-refractivity contribution in [2.75, 3.05) is 6.61 Å². The number of rotatable bonds is 14. The average molecular weight is 562 g/mol. The maximum absolute atomic E-state index is 13.1. The van der Waals surface area contributed by atoms with Crippen LogP contribution in [0.4, 0.5) is 0 Å². The van der Waals surface area contributed by atoms with E-state index in [2.05, 4.69) is 27.7 Å². The number of unbranched alkanes of at least 4 members (excludes halogenated alkanes) is 3. The average Bonchev–Trinajstić information content (AvgIpc) is 2.74. The van der Waals surface area contributed by atoms with Gasteiger partial charge in [-0.3, -0.25) is 0 Å². The molecule has 0 atom stereocenters. The summed E-state index contributed by atoms with van der Waals surface area (Å²) in [6.45, 7) is 11.4. The van der Waals surface area contributed by atoms with Gasteiger partial charge >= 0.3 is 200 Å². The standard InChI is InChI=1S/C13H13Cl2O2.3C4H9.Sn/c1-3-10(13(16)17-4-2)7-9-5-6-11(14)12(15)8-9;3*1-3-4-2;/h5-6,8H,4,7H2,1-2H3;3*1,3-4H2,2H3;. The van der Waals surface area contributed by atoms with E-state index < -0.39 is 18.4 Å². The van der Waals surface area contributed by atoms with Gasteiger partial charge in [0.05, 0.1) is 0 Å². The van der Waals surface area contributed by atoms with Crippen LogP contribution in [0.1, 0.15) is 78.7 Å². The molecule has 0 N–H and O–H groups in total. The van der Waals surface area contributed by atoms with Crippen molar-refractivity contribution in [3.05, 3.63) is 43.0 Å². The molecule has 0 saturated carbocycles. The Morgan fingerprint density at radius 2 is 1.43 bits per heavy atom. The van der Waals surface area contributed by atoms with Crippen LogP contribution >= 0.6 is 23.2 Å². The van der Waals surface area contributed by atoms with Gasteiger partial charge in [-0.05, 0) is 0 Å². The number of hydrogen-bond acceptors (Lipinski definition) is 2. The second-order valence-corrected chi connectivity index (χ2v) is 22.9. The van der Waals surface area contributed by atoms with Crippen molar-refractivity contribution in [3.8, 4) is 0 Å². The molecule has 1 aromatic rings. The van der Waals surface area contributed by atoms with Crippen LogP contribution in [0.15, 0.2) is 27.4 Å². The Morgan fingerprint density at radius 1 is 0.900 bits per heavy atom. The quantitative estimate of drug-likeness (QED) is 0.129. The van der Waals surface area contributed by atoms with Crippen molar-refractivity contribution in [3.63, 3.8) is 0 Å². The van der Waals surface area contributed by atoms with Gasteiger partial charge in [0, 0.05) is 0 Å². The summed E-state index contributed by atoms with van der Waals surface area (Å²) in [5.41, 5.74) is 1.91. The zero-order valence-electron chi connectivity index (χ0n) is 19.6. The zero-order valence-corrected chi connectivity index (χ0v) is 23.9. The fourth-order valence-corrected chi connectivity index (χ4v) is 21.1. The van der Waals surface area contributed by atoms with Crippen molar-refractivity contribution < 1.29 is 9.53 Å². The molecule has 1 aromatic carbocycles. The number of allylic oxidation sites excluding steroid dienone is 1. The number of carbonyl (C=O) groups is 1. The molecule has 1 rings (SSSR count). The Labute approximate surface area is 198 Å². The van der Waals surface area contributed by atoms with Gasteiger partial charge < -0.3 is 0 Å². The van der Waals surface area contributed by atoms with Gasteiger partial charge in [-0.15, -0.1) is 0 Å². The van der Waals surface area contributed by atoms with Crippen LogP contribution in [0, 0.1) is 0 Å². The van der Waals surface area contributed by atoms with Gasteiger partial charge in [-0.25, -0.2) is 0 Å². The fourth-order valence-electron chi connectivity index (χ4n) is 4.23. The summed E-state index contributed by atoms with van der Waals surface area (Å²) in [6.07, 6.45) is 8.02. The van der Waals surface area contributed by atoms with Crippen LogP contribution in [0.3, 0.4) is 0 Å². The van der Waals surface area contributed by atoms with Crippen molar-refractivity contribution in [1.29, 1.82) is 0 Å². The summed E-state index contributed by atoms with van der Waals surface area (Å²) in [6, 6.07) is 5.68. The monoisotopic (exact) mass is 562 g/mol. The van der Waals surface area contributed by atoms with Crippen LogP contribution in [0.5, 0.6) is 0 Å². The topological polar surface area (TPSA) is 26.3 Å². The number of esters is 1. The molecule has 0 aliphatic carbocycles. The normalized spacial score (nSPS) is 12.6. The number of carbonyl (C=O) groups excluding carboxylic acids is 1. The van der Waals surface area contributed by atoms with Crippen molar-refractivity contribution in [2.45, 2.75) is 92.9 Å². The number of halogens is 2. The summed E-state index contributed by atoms with van der Waals surface area (Å²) in [7, 11) is 0. The van der Waals surface area contributed by atoms with E-state index in [0.717, 1.165) is 11.1 Å². The molecule has 0 unspecified atom stereocenters. The van der Waals surface area contributed by atoms with E-state index in [9.17, 15) is 4.79 Å². The summed E-state index contributed by atoms with van der Waals surface area (Å²) in [4.78, 5) is 13.1. The minimum atomic E-state index is -2.71. The van der Waals surface area contributed by atoms with Gasteiger partial charge in [-0.1, -0.05) is 0 Å². The molecule has 0 aliphatic rings. The van der Waals surface area contributed by atoms with Crippen LogP contribution in [-0.4, -0.2) is 31.0 Å². The first-order chi connectivity index (χ1) is 14.3. The molecule has 0 aromatic heterocycles. The van der Waals surface area contributed by atoms with Crippen molar-refractivity contribution in [2.24, 2.45) is 0 Å². The van der Waals surface area contributed by atoms with Crippen LogP contribution in [0.2, 0.25) is 23.4 Å². The van der Waals surface area contributed by atoms with E-state index in [1.165, 1.54) is 55.4 Å². The summed E-state index contributed by atoms with van der Waals surface area (Å²) in [5, 5.41) is 1.08. The molecule has 0 saturated heterocycles. The van der Waals surface area contributed by atoms with Crippen LogP contribution in [-0.2, 0) is 16.0 Å². The molecule has 0 aliphatic heterocycles.